The van der Waals surface area contributed by atoms with E-state index in [0.29, 0.717) is 10.5 Å². The average molecular weight is 482 g/mol. The number of rotatable bonds is 8. The van der Waals surface area contributed by atoms with Crippen LogP contribution in [0.25, 0.3) is 0 Å². The number of halogens is 1. The number of hydrogen-bond acceptors (Lipinski definition) is 4. The summed E-state index contributed by atoms with van der Waals surface area (Å²) in [6, 6.07) is 6.36. The van der Waals surface area contributed by atoms with Crippen LogP contribution in [0.3, 0.4) is 0 Å². The molecular formula is C23H33BrN2O2S. The first kappa shape index (κ1) is 21.5. The highest BCUT2D eigenvalue weighted by Gasteiger charge is 2.35. The molecule has 0 radical (unpaired) electrons. The molecule has 1 aromatic rings. The maximum Gasteiger partial charge on any atom is 0.282 e. The van der Waals surface area contributed by atoms with Gasteiger partial charge < -0.3 is 14.5 Å². The number of piperidine rings is 1. The first-order chi connectivity index (χ1) is 14.0. The highest BCUT2D eigenvalue weighted by Crippen LogP contribution is 2.35. The number of likely N-dealkylation sites (tertiary alicyclic amines) is 1. The van der Waals surface area contributed by atoms with Crippen LogP contribution in [0.4, 0.5) is 4.79 Å². The minimum absolute atomic E-state index is 0.202. The van der Waals surface area contributed by atoms with Gasteiger partial charge >= 0.3 is 0 Å². The molecule has 160 valence electrons. The summed E-state index contributed by atoms with van der Waals surface area (Å²) < 4.78 is 7.06. The summed E-state index contributed by atoms with van der Waals surface area (Å²) in [5.41, 5.74) is 1.36. The lowest BCUT2D eigenvalue weighted by Crippen LogP contribution is -2.39. The van der Waals surface area contributed by atoms with Crippen molar-refractivity contribution in [1.82, 2.24) is 9.80 Å². The summed E-state index contributed by atoms with van der Waals surface area (Å²) in [5, 5.41) is 0.766. The van der Waals surface area contributed by atoms with Crippen LogP contribution in [0.2, 0.25) is 0 Å². The molecule has 0 bridgehead atoms. The van der Waals surface area contributed by atoms with E-state index in [2.05, 4.69) is 51.7 Å². The van der Waals surface area contributed by atoms with E-state index in [0.717, 1.165) is 56.7 Å². The van der Waals surface area contributed by atoms with E-state index < -0.39 is 0 Å². The van der Waals surface area contributed by atoms with E-state index >= 15 is 0 Å². The molecule has 3 aliphatic rings. The third-order valence-corrected chi connectivity index (χ3v) is 8.06. The molecule has 1 unspecified atom stereocenters. The molecule has 2 aliphatic heterocycles. The van der Waals surface area contributed by atoms with E-state index in [4.69, 9.17) is 4.74 Å². The molecular weight excluding hydrogens is 448 g/mol. The molecule has 0 spiro atoms. The third kappa shape index (κ3) is 6.14. The Kier molecular flexibility index (Phi) is 7.13. The number of thioether (sulfide) groups is 1. The van der Waals surface area contributed by atoms with Gasteiger partial charge in [-0.15, -0.1) is 0 Å². The Morgan fingerprint density at radius 1 is 1.14 bits per heavy atom. The van der Waals surface area contributed by atoms with Crippen LogP contribution < -0.4 is 4.74 Å². The first-order valence-electron chi connectivity index (χ1n) is 11.1. The lowest BCUT2D eigenvalue weighted by Gasteiger charge is -2.33. The minimum Gasteiger partial charge on any atom is -0.491 e. The maximum absolute atomic E-state index is 12.2. The fourth-order valence-electron chi connectivity index (χ4n) is 4.46. The second-order valence-corrected chi connectivity index (χ2v) is 11.3. The van der Waals surface area contributed by atoms with Crippen molar-refractivity contribution in [1.29, 1.82) is 0 Å². The summed E-state index contributed by atoms with van der Waals surface area (Å²) in [6.07, 6.45) is 6.41. The van der Waals surface area contributed by atoms with Gasteiger partial charge in [0.15, 0.2) is 0 Å². The van der Waals surface area contributed by atoms with Gasteiger partial charge in [0, 0.05) is 29.4 Å². The summed E-state index contributed by atoms with van der Waals surface area (Å²) in [7, 11) is 0. The normalized spacial score (nSPS) is 23.9. The monoisotopic (exact) mass is 480 g/mol. The molecule has 1 aromatic carbocycles. The molecule has 3 fully saturated rings. The SMILES string of the molecule is CC(C)Oc1ccc(Br)c(CC2CCN(CC3CN(CC4CC4)C(=O)S3)CC2)c1. The molecule has 4 nitrogen and oxygen atoms in total. The molecule has 1 amide bonds. The molecule has 0 aromatic heterocycles. The standard InChI is InChI=1S/C23H33BrN2O2S/c1-16(2)28-20-5-6-22(24)19(12-20)11-17-7-9-25(10-8-17)14-21-15-26(23(27)29-21)13-18-3-4-18/h5-6,12,16-18,21H,3-4,7-11,13-15H2,1-2H3. The Bertz CT molecular complexity index is 717. The van der Waals surface area contributed by atoms with Crippen molar-refractivity contribution < 1.29 is 9.53 Å². The molecule has 29 heavy (non-hydrogen) atoms. The van der Waals surface area contributed by atoms with Gasteiger partial charge in [0.25, 0.3) is 5.24 Å². The lowest BCUT2D eigenvalue weighted by molar-refractivity contribution is 0.179. The van der Waals surface area contributed by atoms with Crippen LogP contribution in [0.5, 0.6) is 5.75 Å². The van der Waals surface area contributed by atoms with Crippen LogP contribution in [0.1, 0.15) is 45.1 Å². The van der Waals surface area contributed by atoms with Gasteiger partial charge in [-0.05, 0) is 94.6 Å². The van der Waals surface area contributed by atoms with Crippen LogP contribution in [-0.4, -0.2) is 59.1 Å². The fourth-order valence-corrected chi connectivity index (χ4v) is 5.99. The molecule has 1 aliphatic carbocycles. The number of ether oxygens (including phenoxy) is 1. The van der Waals surface area contributed by atoms with Crippen LogP contribution in [-0.2, 0) is 6.42 Å². The van der Waals surface area contributed by atoms with Gasteiger partial charge in [-0.2, -0.15) is 0 Å². The van der Waals surface area contributed by atoms with Gasteiger partial charge in [-0.1, -0.05) is 27.7 Å². The van der Waals surface area contributed by atoms with Gasteiger partial charge in [0.2, 0.25) is 0 Å². The van der Waals surface area contributed by atoms with Crippen LogP contribution >= 0.6 is 27.7 Å². The summed E-state index contributed by atoms with van der Waals surface area (Å²) in [6.45, 7) is 9.45. The van der Waals surface area contributed by atoms with Gasteiger partial charge in [0.1, 0.15) is 5.75 Å². The number of amides is 1. The maximum atomic E-state index is 12.2. The second kappa shape index (κ2) is 9.61. The zero-order chi connectivity index (χ0) is 20.4. The fraction of sp³-hybridized carbons (Fsp3) is 0.696. The number of hydrogen-bond donors (Lipinski definition) is 0. The van der Waals surface area contributed by atoms with Crippen molar-refractivity contribution >= 4 is 32.9 Å². The summed E-state index contributed by atoms with van der Waals surface area (Å²) in [5.74, 6) is 2.48. The van der Waals surface area contributed by atoms with Gasteiger partial charge in [-0.25, -0.2) is 0 Å². The predicted octanol–water partition coefficient (Wildman–Crippen LogP) is 5.44. The Hall–Kier alpha value is -0.720. The number of carbonyl (C=O) groups excluding carboxylic acids is 1. The van der Waals surface area contributed by atoms with Gasteiger partial charge in [-0.3, -0.25) is 4.79 Å². The van der Waals surface area contributed by atoms with E-state index in [1.165, 1.54) is 35.7 Å². The summed E-state index contributed by atoms with van der Waals surface area (Å²) in [4.78, 5) is 16.9. The molecule has 1 atom stereocenters. The predicted molar refractivity (Wildman–Crippen MR) is 124 cm³/mol. The topological polar surface area (TPSA) is 32.8 Å². The van der Waals surface area contributed by atoms with E-state index in [1.807, 2.05) is 6.07 Å². The lowest BCUT2D eigenvalue weighted by atomic mass is 9.90. The largest absolute Gasteiger partial charge is 0.491 e. The number of carbonyl (C=O) groups is 1. The van der Waals surface area contributed by atoms with Crippen molar-refractivity contribution in [2.75, 3.05) is 32.7 Å². The Morgan fingerprint density at radius 2 is 1.90 bits per heavy atom. The van der Waals surface area contributed by atoms with E-state index in [-0.39, 0.29) is 6.10 Å². The minimum atomic E-state index is 0.202. The zero-order valence-corrected chi connectivity index (χ0v) is 20.0. The summed E-state index contributed by atoms with van der Waals surface area (Å²) >= 11 is 5.29. The van der Waals surface area contributed by atoms with E-state index in [1.54, 1.807) is 11.8 Å². The van der Waals surface area contributed by atoms with E-state index in [9.17, 15) is 4.79 Å². The smallest absolute Gasteiger partial charge is 0.282 e. The Balaban J connectivity index is 1.23. The number of benzene rings is 1. The quantitative estimate of drug-likeness (QED) is 0.495. The highest BCUT2D eigenvalue weighted by atomic mass is 79.9. The van der Waals surface area contributed by atoms with Crippen molar-refractivity contribution in [2.45, 2.75) is 57.3 Å². The Morgan fingerprint density at radius 3 is 2.59 bits per heavy atom. The second-order valence-electron chi connectivity index (χ2n) is 9.22. The van der Waals surface area contributed by atoms with Crippen molar-refractivity contribution in [3.63, 3.8) is 0 Å². The van der Waals surface area contributed by atoms with Crippen LogP contribution in [0.15, 0.2) is 22.7 Å². The van der Waals surface area contributed by atoms with Crippen molar-refractivity contribution in [3.05, 3.63) is 28.2 Å². The average Bonchev–Trinajstić information content (AvgIpc) is 3.42. The molecule has 2 saturated heterocycles. The highest BCUT2D eigenvalue weighted by molar-refractivity contribution is 9.10. The van der Waals surface area contributed by atoms with Crippen molar-refractivity contribution in [2.24, 2.45) is 11.8 Å². The van der Waals surface area contributed by atoms with Crippen molar-refractivity contribution in [3.8, 4) is 5.75 Å². The zero-order valence-electron chi connectivity index (χ0n) is 17.6. The molecule has 4 rings (SSSR count). The number of nitrogens with zero attached hydrogens (tertiary/aromatic N) is 2. The van der Waals surface area contributed by atoms with Crippen LogP contribution in [0, 0.1) is 11.8 Å². The molecule has 0 N–H and O–H groups in total. The first-order valence-corrected chi connectivity index (χ1v) is 12.8. The Labute approximate surface area is 187 Å². The third-order valence-electron chi connectivity index (χ3n) is 6.19. The molecule has 1 saturated carbocycles. The molecule has 2 heterocycles. The molecule has 6 heteroatoms. The van der Waals surface area contributed by atoms with Gasteiger partial charge in [0.05, 0.1) is 6.10 Å².